The summed E-state index contributed by atoms with van der Waals surface area (Å²) < 4.78 is 4.59. The molecule has 0 aliphatic rings. The predicted octanol–water partition coefficient (Wildman–Crippen LogP) is 2.43. The molecule has 82 valence electrons. The Bertz CT molecular complexity index is 359. The molecule has 0 aromatic carbocycles. The minimum Gasteiger partial charge on any atom is -0.465 e. The fraction of sp³-hybridized carbons (Fsp3) is 0.400. The second-order valence-corrected chi connectivity index (χ2v) is 4.66. The molecule has 0 N–H and O–H groups in total. The van der Waals surface area contributed by atoms with Crippen molar-refractivity contribution in [1.29, 1.82) is 0 Å². The Hall–Kier alpha value is -0.680. The number of hydrogen-bond donors (Lipinski definition) is 0. The predicted molar refractivity (Wildman–Crippen MR) is 62.8 cm³/mol. The number of alkyl halides is 1. The summed E-state index contributed by atoms with van der Waals surface area (Å²) in [5, 5.41) is 0.391. The lowest BCUT2D eigenvalue weighted by atomic mass is 10.2. The Morgan fingerprint density at radius 1 is 1.47 bits per heavy atom. The van der Waals surface area contributed by atoms with Crippen LogP contribution in [0.2, 0.25) is 0 Å². The summed E-state index contributed by atoms with van der Waals surface area (Å²) in [7, 11) is 1.36. The summed E-state index contributed by atoms with van der Waals surface area (Å²) in [6.45, 7) is 0. The van der Waals surface area contributed by atoms with Crippen LogP contribution in [0.5, 0.6) is 0 Å². The highest BCUT2D eigenvalue weighted by Gasteiger charge is 2.09. The van der Waals surface area contributed by atoms with Crippen molar-refractivity contribution in [2.24, 2.45) is 0 Å². The van der Waals surface area contributed by atoms with Gasteiger partial charge in [-0.05, 0) is 18.6 Å². The van der Waals surface area contributed by atoms with Crippen LogP contribution in [-0.2, 0) is 16.0 Å². The molecule has 0 unspecified atom stereocenters. The Morgan fingerprint density at radius 2 is 2.20 bits per heavy atom. The first-order chi connectivity index (χ1) is 7.17. The Balaban J connectivity index is 2.53. The molecule has 1 heterocycles. The molecule has 3 nitrogen and oxygen atoms in total. The highest BCUT2D eigenvalue weighted by atomic mass is 79.9. The van der Waals surface area contributed by atoms with Crippen molar-refractivity contribution >= 4 is 39.0 Å². The molecule has 1 aromatic heterocycles. The van der Waals surface area contributed by atoms with Gasteiger partial charge in [-0.1, -0.05) is 15.9 Å². The van der Waals surface area contributed by atoms with Crippen molar-refractivity contribution < 1.29 is 14.3 Å². The third-order valence-corrected chi connectivity index (χ3v) is 3.60. The number of Topliss-reactive ketones (excluding diaryl/α,β-unsaturated/α-hetero) is 1. The lowest BCUT2D eigenvalue weighted by Gasteiger charge is -1.94. The molecular formula is C10H11BrO3S. The van der Waals surface area contributed by atoms with E-state index in [1.807, 2.05) is 6.07 Å². The van der Waals surface area contributed by atoms with E-state index in [9.17, 15) is 9.59 Å². The number of rotatable bonds is 5. The molecule has 0 bridgehead atoms. The minimum atomic E-state index is -0.321. The number of carbonyl (C=O) groups is 2. The highest BCUT2D eigenvalue weighted by Crippen LogP contribution is 2.18. The average molecular weight is 291 g/mol. The monoisotopic (exact) mass is 290 g/mol. The van der Waals surface area contributed by atoms with Crippen LogP contribution in [0.1, 0.15) is 21.0 Å². The van der Waals surface area contributed by atoms with Crippen molar-refractivity contribution in [3.63, 3.8) is 0 Å². The van der Waals surface area contributed by atoms with E-state index >= 15 is 0 Å². The zero-order valence-corrected chi connectivity index (χ0v) is 10.7. The third-order valence-electron chi connectivity index (χ3n) is 1.85. The van der Waals surface area contributed by atoms with Gasteiger partial charge in [0.2, 0.25) is 0 Å². The topological polar surface area (TPSA) is 43.4 Å². The SMILES string of the molecule is COC(=O)c1ccc(CCC(=O)CBr)s1. The van der Waals surface area contributed by atoms with Gasteiger partial charge in [-0.25, -0.2) is 4.79 Å². The molecular weight excluding hydrogens is 280 g/mol. The number of thiophene rings is 1. The van der Waals surface area contributed by atoms with Gasteiger partial charge in [0.25, 0.3) is 0 Å². The molecule has 0 saturated carbocycles. The summed E-state index contributed by atoms with van der Waals surface area (Å²) in [6.07, 6.45) is 1.19. The maximum absolute atomic E-state index is 11.1. The lowest BCUT2D eigenvalue weighted by Crippen LogP contribution is -1.99. The van der Waals surface area contributed by atoms with Crippen molar-refractivity contribution in [3.05, 3.63) is 21.9 Å². The van der Waals surface area contributed by atoms with E-state index < -0.39 is 0 Å². The number of methoxy groups -OCH3 is 1. The van der Waals surface area contributed by atoms with Crippen LogP contribution in [0.3, 0.4) is 0 Å². The van der Waals surface area contributed by atoms with Crippen LogP contribution in [-0.4, -0.2) is 24.2 Å². The fourth-order valence-electron chi connectivity index (χ4n) is 1.05. The zero-order chi connectivity index (χ0) is 11.3. The lowest BCUT2D eigenvalue weighted by molar-refractivity contribution is -0.116. The second-order valence-electron chi connectivity index (χ2n) is 2.93. The van der Waals surface area contributed by atoms with Gasteiger partial charge in [0.05, 0.1) is 12.4 Å². The van der Waals surface area contributed by atoms with E-state index in [2.05, 4.69) is 20.7 Å². The van der Waals surface area contributed by atoms with Crippen molar-refractivity contribution in [3.8, 4) is 0 Å². The molecule has 0 aliphatic heterocycles. The number of halogens is 1. The van der Waals surface area contributed by atoms with Crippen LogP contribution in [0.4, 0.5) is 0 Å². The number of ether oxygens (including phenoxy) is 1. The summed E-state index contributed by atoms with van der Waals surface area (Å²) >= 11 is 4.48. The normalized spacial score (nSPS) is 10.0. The van der Waals surface area contributed by atoms with Crippen LogP contribution < -0.4 is 0 Å². The number of ketones is 1. The van der Waals surface area contributed by atoms with E-state index in [0.29, 0.717) is 23.0 Å². The highest BCUT2D eigenvalue weighted by molar-refractivity contribution is 9.09. The molecule has 0 aliphatic carbocycles. The van der Waals surface area contributed by atoms with Gasteiger partial charge in [0.1, 0.15) is 10.7 Å². The largest absolute Gasteiger partial charge is 0.465 e. The third kappa shape index (κ3) is 3.76. The van der Waals surface area contributed by atoms with Crippen LogP contribution >= 0.6 is 27.3 Å². The Kier molecular flexibility index (Phi) is 4.98. The molecule has 0 spiro atoms. The van der Waals surface area contributed by atoms with Crippen molar-refractivity contribution in [2.75, 3.05) is 12.4 Å². The summed E-state index contributed by atoms with van der Waals surface area (Å²) in [4.78, 5) is 23.8. The van der Waals surface area contributed by atoms with Crippen molar-refractivity contribution in [2.45, 2.75) is 12.8 Å². The summed E-state index contributed by atoms with van der Waals surface area (Å²) in [5.74, 6) is -0.152. The molecule has 0 saturated heterocycles. The quantitative estimate of drug-likeness (QED) is 0.618. The van der Waals surface area contributed by atoms with Gasteiger partial charge >= 0.3 is 5.97 Å². The molecule has 0 fully saturated rings. The van der Waals surface area contributed by atoms with Gasteiger partial charge in [0, 0.05) is 11.3 Å². The number of aryl methyl sites for hydroxylation is 1. The molecule has 1 rings (SSSR count). The van der Waals surface area contributed by atoms with E-state index in [0.717, 1.165) is 4.88 Å². The van der Waals surface area contributed by atoms with E-state index in [1.54, 1.807) is 6.07 Å². The zero-order valence-electron chi connectivity index (χ0n) is 8.29. The van der Waals surface area contributed by atoms with Crippen molar-refractivity contribution in [1.82, 2.24) is 0 Å². The number of esters is 1. The standard InChI is InChI=1S/C10H11BrO3S/c1-14-10(13)9-5-4-8(15-9)3-2-7(12)6-11/h4-5H,2-3,6H2,1H3. The minimum absolute atomic E-state index is 0.169. The number of hydrogen-bond acceptors (Lipinski definition) is 4. The van der Waals surface area contributed by atoms with Gasteiger partial charge in [-0.2, -0.15) is 0 Å². The molecule has 0 radical (unpaired) electrons. The van der Waals surface area contributed by atoms with E-state index in [4.69, 9.17) is 0 Å². The molecule has 0 amide bonds. The first-order valence-electron chi connectivity index (χ1n) is 4.42. The Morgan fingerprint density at radius 3 is 2.80 bits per heavy atom. The Labute approximate surface area is 101 Å². The molecule has 5 heteroatoms. The number of carbonyl (C=O) groups excluding carboxylic acids is 2. The molecule has 1 aromatic rings. The maximum Gasteiger partial charge on any atom is 0.348 e. The fourth-order valence-corrected chi connectivity index (χ4v) is 2.26. The van der Waals surface area contributed by atoms with E-state index in [-0.39, 0.29) is 11.8 Å². The van der Waals surface area contributed by atoms with E-state index in [1.165, 1.54) is 18.4 Å². The summed E-state index contributed by atoms with van der Waals surface area (Å²) in [6, 6.07) is 3.59. The average Bonchev–Trinajstić information content (AvgIpc) is 2.73. The maximum atomic E-state index is 11.1. The van der Waals surface area contributed by atoms with Gasteiger partial charge in [0.15, 0.2) is 0 Å². The van der Waals surface area contributed by atoms with Crippen LogP contribution in [0, 0.1) is 0 Å². The summed E-state index contributed by atoms with van der Waals surface area (Å²) in [5.41, 5.74) is 0. The first-order valence-corrected chi connectivity index (χ1v) is 6.36. The molecule has 15 heavy (non-hydrogen) atoms. The van der Waals surface area contributed by atoms with Gasteiger partial charge in [-0.15, -0.1) is 11.3 Å². The molecule has 0 atom stereocenters. The van der Waals surface area contributed by atoms with Crippen LogP contribution in [0.25, 0.3) is 0 Å². The second kappa shape index (κ2) is 6.02. The first kappa shape index (κ1) is 12.4. The smallest absolute Gasteiger partial charge is 0.348 e. The van der Waals surface area contributed by atoms with Gasteiger partial charge < -0.3 is 4.74 Å². The van der Waals surface area contributed by atoms with Crippen LogP contribution in [0.15, 0.2) is 12.1 Å². The van der Waals surface area contributed by atoms with Gasteiger partial charge in [-0.3, -0.25) is 4.79 Å².